The Balaban J connectivity index is 2.24. The fraction of sp³-hybridized carbons (Fsp3) is 0.462. The first-order valence-electron chi connectivity index (χ1n) is 5.41. The Morgan fingerprint density at radius 2 is 2.20 bits per heavy atom. The van der Waals surface area contributed by atoms with Gasteiger partial charge in [-0.05, 0) is 24.0 Å². The summed E-state index contributed by atoms with van der Waals surface area (Å²) in [7, 11) is 0. The first-order valence-corrected chi connectivity index (χ1v) is 5.41. The number of rotatable bonds is 2. The van der Waals surface area contributed by atoms with Gasteiger partial charge >= 0.3 is 0 Å². The van der Waals surface area contributed by atoms with Crippen LogP contribution in [-0.2, 0) is 17.6 Å². The van der Waals surface area contributed by atoms with Gasteiger partial charge in [-0.2, -0.15) is 0 Å². The molecule has 1 aromatic carbocycles. The van der Waals surface area contributed by atoms with Crippen LogP contribution in [0.5, 0.6) is 5.75 Å². The zero-order valence-corrected chi connectivity index (χ0v) is 9.25. The third-order valence-electron chi connectivity index (χ3n) is 2.55. The Kier molecular flexibility index (Phi) is 2.76. The molecule has 0 saturated heterocycles. The van der Waals surface area contributed by atoms with Gasteiger partial charge in [-0.25, -0.2) is 0 Å². The molecule has 0 atom stereocenters. The van der Waals surface area contributed by atoms with Gasteiger partial charge in [0, 0.05) is 12.0 Å². The summed E-state index contributed by atoms with van der Waals surface area (Å²) in [4.78, 5) is 11.2. The van der Waals surface area contributed by atoms with Crippen molar-refractivity contribution in [3.63, 3.8) is 0 Å². The number of carbonyl (C=O) groups is 1. The highest BCUT2D eigenvalue weighted by Gasteiger charge is 2.16. The second-order valence-corrected chi connectivity index (χ2v) is 4.54. The van der Waals surface area contributed by atoms with E-state index in [1.165, 1.54) is 5.56 Å². The van der Waals surface area contributed by atoms with Gasteiger partial charge in [0.25, 0.3) is 0 Å². The van der Waals surface area contributed by atoms with Gasteiger partial charge in [-0.15, -0.1) is 0 Å². The van der Waals surface area contributed by atoms with Crippen molar-refractivity contribution in [3.8, 4) is 5.75 Å². The van der Waals surface area contributed by atoms with Crippen LogP contribution in [0.2, 0.25) is 0 Å². The van der Waals surface area contributed by atoms with Crippen molar-refractivity contribution in [1.29, 1.82) is 0 Å². The molecule has 0 aliphatic carbocycles. The first-order chi connectivity index (χ1) is 7.15. The van der Waals surface area contributed by atoms with Crippen molar-refractivity contribution in [3.05, 3.63) is 29.3 Å². The highest BCUT2D eigenvalue weighted by Crippen LogP contribution is 2.25. The van der Waals surface area contributed by atoms with Gasteiger partial charge in [0.1, 0.15) is 12.4 Å². The van der Waals surface area contributed by atoms with Crippen LogP contribution in [0.4, 0.5) is 0 Å². The molecule has 0 aromatic heterocycles. The topological polar surface area (TPSA) is 26.3 Å². The Morgan fingerprint density at radius 1 is 1.40 bits per heavy atom. The Hall–Kier alpha value is -1.31. The molecule has 2 heteroatoms. The zero-order valence-electron chi connectivity index (χ0n) is 9.25. The van der Waals surface area contributed by atoms with Crippen molar-refractivity contribution >= 4 is 5.78 Å². The lowest BCUT2D eigenvalue weighted by Crippen LogP contribution is -2.20. The van der Waals surface area contributed by atoms with Gasteiger partial charge < -0.3 is 4.74 Å². The summed E-state index contributed by atoms with van der Waals surface area (Å²) in [6, 6.07) is 6.18. The fourth-order valence-corrected chi connectivity index (χ4v) is 1.93. The number of Topliss-reactive ketones (excluding diaryl/α,β-unsaturated/α-hetero) is 1. The van der Waals surface area contributed by atoms with Crippen LogP contribution < -0.4 is 4.74 Å². The summed E-state index contributed by atoms with van der Waals surface area (Å²) in [5, 5.41) is 0. The maximum Gasteiger partial charge on any atom is 0.174 e. The SMILES string of the molecule is CC(C)Cc1ccc2c(c1)CC(=O)CO2. The van der Waals surface area contributed by atoms with Crippen LogP contribution in [0.1, 0.15) is 25.0 Å². The molecule has 2 rings (SSSR count). The molecule has 1 aliphatic rings. The first kappa shape index (κ1) is 10.2. The van der Waals surface area contributed by atoms with Gasteiger partial charge in [0.15, 0.2) is 5.78 Å². The molecule has 15 heavy (non-hydrogen) atoms. The number of fused-ring (bicyclic) bond motifs is 1. The van der Waals surface area contributed by atoms with E-state index in [1.807, 2.05) is 6.07 Å². The summed E-state index contributed by atoms with van der Waals surface area (Å²) in [5.74, 6) is 1.69. The monoisotopic (exact) mass is 204 g/mol. The maximum atomic E-state index is 11.2. The van der Waals surface area contributed by atoms with Crippen LogP contribution in [0.25, 0.3) is 0 Å². The minimum absolute atomic E-state index is 0.171. The normalized spacial score (nSPS) is 15.0. The zero-order chi connectivity index (χ0) is 10.8. The van der Waals surface area contributed by atoms with Gasteiger partial charge in [0.05, 0.1) is 0 Å². The fourth-order valence-electron chi connectivity index (χ4n) is 1.93. The standard InChI is InChI=1S/C13H16O2/c1-9(2)5-10-3-4-13-11(6-10)7-12(14)8-15-13/h3-4,6,9H,5,7-8H2,1-2H3. The van der Waals surface area contributed by atoms with Crippen molar-refractivity contribution in [2.24, 2.45) is 5.92 Å². The second-order valence-electron chi connectivity index (χ2n) is 4.54. The lowest BCUT2D eigenvalue weighted by molar-refractivity contribution is -0.121. The minimum Gasteiger partial charge on any atom is -0.486 e. The summed E-state index contributed by atoms with van der Waals surface area (Å²) < 4.78 is 5.35. The Bertz CT molecular complexity index is 380. The van der Waals surface area contributed by atoms with E-state index >= 15 is 0 Å². The molecule has 0 unspecified atom stereocenters. The molecular weight excluding hydrogens is 188 g/mol. The predicted molar refractivity (Wildman–Crippen MR) is 59.2 cm³/mol. The smallest absolute Gasteiger partial charge is 0.174 e. The quantitative estimate of drug-likeness (QED) is 0.739. The van der Waals surface area contributed by atoms with Crippen LogP contribution >= 0.6 is 0 Å². The molecule has 0 radical (unpaired) electrons. The molecule has 0 saturated carbocycles. The van der Waals surface area contributed by atoms with E-state index in [1.54, 1.807) is 0 Å². The molecule has 0 N–H and O–H groups in total. The maximum absolute atomic E-state index is 11.2. The average molecular weight is 204 g/mol. The molecule has 1 heterocycles. The largest absolute Gasteiger partial charge is 0.486 e. The second kappa shape index (κ2) is 4.05. The summed E-state index contributed by atoms with van der Waals surface area (Å²) in [5.41, 5.74) is 2.34. The molecule has 2 nitrogen and oxygen atoms in total. The van der Waals surface area contributed by atoms with E-state index in [4.69, 9.17) is 4.74 Å². The number of hydrogen-bond donors (Lipinski definition) is 0. The van der Waals surface area contributed by atoms with Crippen LogP contribution in [0.3, 0.4) is 0 Å². The van der Waals surface area contributed by atoms with E-state index in [-0.39, 0.29) is 12.4 Å². The molecule has 0 fully saturated rings. The number of hydrogen-bond acceptors (Lipinski definition) is 2. The Morgan fingerprint density at radius 3 is 2.93 bits per heavy atom. The minimum atomic E-state index is 0.171. The summed E-state index contributed by atoms with van der Waals surface area (Å²) in [6.07, 6.45) is 1.59. The summed E-state index contributed by atoms with van der Waals surface area (Å²) >= 11 is 0. The predicted octanol–water partition coefficient (Wildman–Crippen LogP) is 2.39. The van der Waals surface area contributed by atoms with Gasteiger partial charge in [-0.1, -0.05) is 26.0 Å². The van der Waals surface area contributed by atoms with Crippen molar-refractivity contribution in [2.75, 3.05) is 6.61 Å². The van der Waals surface area contributed by atoms with Crippen molar-refractivity contribution < 1.29 is 9.53 Å². The van der Waals surface area contributed by atoms with Crippen LogP contribution in [-0.4, -0.2) is 12.4 Å². The molecule has 1 aromatic rings. The van der Waals surface area contributed by atoms with Gasteiger partial charge in [-0.3, -0.25) is 4.79 Å². The number of ether oxygens (including phenoxy) is 1. The molecule has 0 amide bonds. The van der Waals surface area contributed by atoms with Crippen LogP contribution in [0, 0.1) is 5.92 Å². The molecule has 0 bridgehead atoms. The lowest BCUT2D eigenvalue weighted by Gasteiger charge is -2.17. The highest BCUT2D eigenvalue weighted by molar-refractivity contribution is 5.84. The number of benzene rings is 1. The Labute approximate surface area is 90.3 Å². The van der Waals surface area contributed by atoms with Crippen molar-refractivity contribution in [1.82, 2.24) is 0 Å². The summed E-state index contributed by atoms with van der Waals surface area (Å²) in [6.45, 7) is 4.62. The molecule has 1 aliphatic heterocycles. The molecule has 0 spiro atoms. The lowest BCUT2D eigenvalue weighted by atomic mass is 9.97. The number of carbonyl (C=O) groups excluding carboxylic acids is 1. The average Bonchev–Trinajstić information content (AvgIpc) is 2.16. The van der Waals surface area contributed by atoms with Crippen molar-refractivity contribution in [2.45, 2.75) is 26.7 Å². The molecular formula is C13H16O2. The van der Waals surface area contributed by atoms with E-state index < -0.39 is 0 Å². The third-order valence-corrected chi connectivity index (χ3v) is 2.55. The van der Waals surface area contributed by atoms with Gasteiger partial charge in [0.2, 0.25) is 0 Å². The third kappa shape index (κ3) is 2.38. The molecule has 80 valence electrons. The van der Waals surface area contributed by atoms with E-state index in [0.717, 1.165) is 17.7 Å². The van der Waals surface area contributed by atoms with Crippen LogP contribution in [0.15, 0.2) is 18.2 Å². The van der Waals surface area contributed by atoms with E-state index in [0.29, 0.717) is 12.3 Å². The van der Waals surface area contributed by atoms with E-state index in [9.17, 15) is 4.79 Å². The highest BCUT2D eigenvalue weighted by atomic mass is 16.5. The number of ketones is 1. The van der Waals surface area contributed by atoms with E-state index in [2.05, 4.69) is 26.0 Å².